The SMILES string of the molecule is CCOC(=O)C(=O)Nc1cc(C)c(Sc2ccc(O)c(C(C)C)c2)c2c1CCC2. The maximum atomic E-state index is 12.1. The number of carbonyl (C=O) groups excluding carboxylic acids is 2. The second kappa shape index (κ2) is 8.91. The zero-order chi connectivity index (χ0) is 21.1. The van der Waals surface area contributed by atoms with Gasteiger partial charge in [0, 0.05) is 15.5 Å². The number of phenols is 1. The van der Waals surface area contributed by atoms with Crippen LogP contribution in [-0.4, -0.2) is 23.6 Å². The first-order valence-electron chi connectivity index (χ1n) is 9.96. The molecule has 154 valence electrons. The number of aromatic hydroxyl groups is 1. The van der Waals surface area contributed by atoms with Crippen molar-refractivity contribution in [3.05, 3.63) is 46.5 Å². The van der Waals surface area contributed by atoms with Crippen molar-refractivity contribution in [1.82, 2.24) is 0 Å². The number of hydrogen-bond donors (Lipinski definition) is 2. The van der Waals surface area contributed by atoms with Gasteiger partial charge in [0.1, 0.15) is 5.75 Å². The summed E-state index contributed by atoms with van der Waals surface area (Å²) in [7, 11) is 0. The zero-order valence-electron chi connectivity index (χ0n) is 17.3. The molecular weight excluding hydrogens is 386 g/mol. The summed E-state index contributed by atoms with van der Waals surface area (Å²) in [6, 6.07) is 7.67. The molecule has 1 aliphatic carbocycles. The zero-order valence-corrected chi connectivity index (χ0v) is 18.1. The molecule has 2 aromatic carbocycles. The van der Waals surface area contributed by atoms with Gasteiger partial charge in [-0.25, -0.2) is 4.79 Å². The van der Waals surface area contributed by atoms with Crippen molar-refractivity contribution in [2.45, 2.75) is 62.7 Å². The molecule has 0 atom stereocenters. The average Bonchev–Trinajstić information content (AvgIpc) is 3.16. The summed E-state index contributed by atoms with van der Waals surface area (Å²) in [6.07, 6.45) is 2.83. The normalized spacial score (nSPS) is 12.7. The van der Waals surface area contributed by atoms with Gasteiger partial charge in [-0.1, -0.05) is 25.6 Å². The van der Waals surface area contributed by atoms with Gasteiger partial charge in [0.05, 0.1) is 6.61 Å². The van der Waals surface area contributed by atoms with Crippen molar-refractivity contribution in [1.29, 1.82) is 0 Å². The van der Waals surface area contributed by atoms with Gasteiger partial charge >= 0.3 is 11.9 Å². The number of ether oxygens (including phenoxy) is 1. The Kier molecular flexibility index (Phi) is 6.52. The largest absolute Gasteiger partial charge is 0.508 e. The molecule has 1 amide bonds. The summed E-state index contributed by atoms with van der Waals surface area (Å²) < 4.78 is 4.79. The number of rotatable bonds is 5. The highest BCUT2D eigenvalue weighted by atomic mass is 32.2. The molecule has 0 aliphatic heterocycles. The molecule has 0 fully saturated rings. The first kappa shape index (κ1) is 21.2. The summed E-state index contributed by atoms with van der Waals surface area (Å²) in [5.74, 6) is -1.03. The summed E-state index contributed by atoms with van der Waals surface area (Å²) in [6.45, 7) is 7.99. The van der Waals surface area contributed by atoms with Crippen LogP contribution in [0.1, 0.15) is 55.4 Å². The van der Waals surface area contributed by atoms with Crippen LogP contribution in [0.3, 0.4) is 0 Å². The molecule has 0 heterocycles. The molecule has 1 aliphatic rings. The number of aryl methyl sites for hydroxylation is 1. The predicted octanol–water partition coefficient (Wildman–Crippen LogP) is 4.97. The molecule has 0 unspecified atom stereocenters. The minimum atomic E-state index is -0.861. The molecule has 6 heteroatoms. The van der Waals surface area contributed by atoms with Gasteiger partial charge < -0.3 is 15.2 Å². The first-order valence-corrected chi connectivity index (χ1v) is 10.8. The maximum Gasteiger partial charge on any atom is 0.397 e. The van der Waals surface area contributed by atoms with E-state index in [-0.39, 0.29) is 12.5 Å². The molecule has 0 saturated carbocycles. The highest BCUT2D eigenvalue weighted by Gasteiger charge is 2.24. The molecule has 0 radical (unpaired) electrons. The van der Waals surface area contributed by atoms with Crippen LogP contribution >= 0.6 is 11.8 Å². The van der Waals surface area contributed by atoms with Crippen LogP contribution in [0.25, 0.3) is 0 Å². The third-order valence-electron chi connectivity index (χ3n) is 5.09. The fraction of sp³-hybridized carbons (Fsp3) is 0.391. The summed E-state index contributed by atoms with van der Waals surface area (Å²) >= 11 is 1.69. The maximum absolute atomic E-state index is 12.1. The van der Waals surface area contributed by atoms with E-state index in [1.54, 1.807) is 24.8 Å². The van der Waals surface area contributed by atoms with E-state index in [2.05, 4.69) is 19.2 Å². The van der Waals surface area contributed by atoms with Crippen molar-refractivity contribution >= 4 is 29.3 Å². The summed E-state index contributed by atoms with van der Waals surface area (Å²) in [4.78, 5) is 26.1. The topological polar surface area (TPSA) is 75.6 Å². The Morgan fingerprint density at radius 3 is 2.62 bits per heavy atom. The Morgan fingerprint density at radius 1 is 1.21 bits per heavy atom. The van der Waals surface area contributed by atoms with E-state index in [4.69, 9.17) is 4.74 Å². The Bertz CT molecular complexity index is 952. The van der Waals surface area contributed by atoms with Crippen LogP contribution in [0.4, 0.5) is 5.69 Å². The van der Waals surface area contributed by atoms with E-state index in [0.717, 1.165) is 40.8 Å². The van der Waals surface area contributed by atoms with Gasteiger partial charge in [-0.3, -0.25) is 4.79 Å². The van der Waals surface area contributed by atoms with Crippen molar-refractivity contribution in [2.75, 3.05) is 11.9 Å². The Labute approximate surface area is 175 Å². The standard InChI is InChI=1S/C23H27NO4S/c1-5-28-23(27)22(26)24-19-11-14(4)21(17-8-6-7-16(17)19)29-15-9-10-20(25)18(12-15)13(2)3/h9-13,25H,5-8H2,1-4H3,(H,24,26). The quantitative estimate of drug-likeness (QED) is 0.535. The highest BCUT2D eigenvalue weighted by Crippen LogP contribution is 2.43. The number of amides is 1. The number of nitrogens with one attached hydrogen (secondary N) is 1. The first-order chi connectivity index (χ1) is 13.8. The number of esters is 1. The van der Waals surface area contributed by atoms with E-state index < -0.39 is 11.9 Å². The molecule has 3 rings (SSSR count). The fourth-order valence-electron chi connectivity index (χ4n) is 3.70. The molecule has 0 aromatic heterocycles. The number of fused-ring (bicyclic) bond motifs is 1. The van der Waals surface area contributed by atoms with E-state index in [9.17, 15) is 14.7 Å². The Morgan fingerprint density at radius 2 is 1.93 bits per heavy atom. The van der Waals surface area contributed by atoms with Crippen LogP contribution in [0, 0.1) is 6.92 Å². The lowest BCUT2D eigenvalue weighted by atomic mass is 10.0. The van der Waals surface area contributed by atoms with Crippen LogP contribution in [0.15, 0.2) is 34.1 Å². The van der Waals surface area contributed by atoms with Crippen LogP contribution in [-0.2, 0) is 27.2 Å². The Hall–Kier alpha value is -2.47. The third kappa shape index (κ3) is 4.58. The molecule has 2 N–H and O–H groups in total. The lowest BCUT2D eigenvalue weighted by Gasteiger charge is -2.17. The van der Waals surface area contributed by atoms with Crippen LogP contribution < -0.4 is 5.32 Å². The van der Waals surface area contributed by atoms with Crippen molar-refractivity contribution in [3.8, 4) is 5.75 Å². The second-order valence-electron chi connectivity index (χ2n) is 7.53. The minimum absolute atomic E-state index is 0.171. The summed E-state index contributed by atoms with van der Waals surface area (Å²) in [5.41, 5.74) is 5.01. The number of benzene rings is 2. The minimum Gasteiger partial charge on any atom is -0.508 e. The van der Waals surface area contributed by atoms with Gasteiger partial charge in [-0.15, -0.1) is 0 Å². The van der Waals surface area contributed by atoms with Gasteiger partial charge in [-0.05, 0) is 85.5 Å². The van der Waals surface area contributed by atoms with Gasteiger partial charge in [0.15, 0.2) is 0 Å². The molecule has 2 aromatic rings. The van der Waals surface area contributed by atoms with E-state index in [1.165, 1.54) is 10.5 Å². The van der Waals surface area contributed by atoms with E-state index in [0.29, 0.717) is 11.4 Å². The summed E-state index contributed by atoms with van der Waals surface area (Å²) in [5, 5.41) is 12.8. The number of anilines is 1. The van der Waals surface area contributed by atoms with E-state index in [1.807, 2.05) is 25.1 Å². The molecule has 0 saturated heterocycles. The molecule has 0 bridgehead atoms. The lowest BCUT2D eigenvalue weighted by molar-refractivity contribution is -0.152. The second-order valence-corrected chi connectivity index (χ2v) is 8.62. The fourth-order valence-corrected chi connectivity index (χ4v) is 4.82. The number of phenolic OH excluding ortho intramolecular Hbond substituents is 1. The monoisotopic (exact) mass is 413 g/mol. The average molecular weight is 414 g/mol. The van der Waals surface area contributed by atoms with Crippen LogP contribution in [0.2, 0.25) is 0 Å². The van der Waals surface area contributed by atoms with Gasteiger partial charge in [-0.2, -0.15) is 0 Å². The van der Waals surface area contributed by atoms with Gasteiger partial charge in [0.25, 0.3) is 0 Å². The number of hydrogen-bond acceptors (Lipinski definition) is 5. The number of carbonyl (C=O) groups is 2. The van der Waals surface area contributed by atoms with Crippen molar-refractivity contribution in [3.63, 3.8) is 0 Å². The Balaban J connectivity index is 1.92. The highest BCUT2D eigenvalue weighted by molar-refractivity contribution is 7.99. The van der Waals surface area contributed by atoms with Crippen LogP contribution in [0.5, 0.6) is 5.75 Å². The predicted molar refractivity (Wildman–Crippen MR) is 115 cm³/mol. The van der Waals surface area contributed by atoms with Crippen molar-refractivity contribution < 1.29 is 19.4 Å². The molecule has 29 heavy (non-hydrogen) atoms. The smallest absolute Gasteiger partial charge is 0.397 e. The lowest BCUT2D eigenvalue weighted by Crippen LogP contribution is -2.25. The van der Waals surface area contributed by atoms with E-state index >= 15 is 0 Å². The third-order valence-corrected chi connectivity index (χ3v) is 6.35. The molecule has 5 nitrogen and oxygen atoms in total. The van der Waals surface area contributed by atoms with Crippen molar-refractivity contribution in [2.24, 2.45) is 0 Å². The molecule has 0 spiro atoms. The van der Waals surface area contributed by atoms with Gasteiger partial charge in [0.2, 0.25) is 0 Å². The molecular formula is C23H27NO4S.